The van der Waals surface area contributed by atoms with Gasteiger partial charge in [-0.05, 0) is 30.7 Å². The average molecular weight is 267 g/mol. The third-order valence-corrected chi connectivity index (χ3v) is 2.63. The van der Waals surface area contributed by atoms with Crippen molar-refractivity contribution in [2.75, 3.05) is 11.9 Å². The number of rotatable bonds is 4. The van der Waals surface area contributed by atoms with E-state index in [9.17, 15) is 4.79 Å². The minimum atomic E-state index is -0.320. The summed E-state index contributed by atoms with van der Waals surface area (Å²) in [5, 5.41) is 11.6. The lowest BCUT2D eigenvalue weighted by Crippen LogP contribution is -2.21. The number of hydrogen-bond donors (Lipinski definition) is 1. The highest BCUT2D eigenvalue weighted by Gasteiger charge is 2.08. The molecule has 2 aromatic rings. The van der Waals surface area contributed by atoms with Crippen LogP contribution in [-0.2, 0) is 4.79 Å². The maximum absolute atomic E-state index is 11.8. The number of carbonyl (C=O) groups is 1. The van der Waals surface area contributed by atoms with Crippen LogP contribution in [0.1, 0.15) is 11.1 Å². The lowest BCUT2D eigenvalue weighted by Gasteiger charge is -2.09. The number of nitrogens with one attached hydrogen (secondary N) is 1. The van der Waals surface area contributed by atoms with E-state index in [-0.39, 0.29) is 12.5 Å². The molecule has 0 aliphatic heterocycles. The molecule has 0 saturated heterocycles. The number of carbonyl (C=O) groups excluding carboxylic acids is 1. The SMILES string of the molecule is Cc1cccnc1NC(=O)COc1ccccc1C#N. The molecule has 0 spiro atoms. The molecule has 0 atom stereocenters. The first-order chi connectivity index (χ1) is 9.70. The molecule has 1 aromatic heterocycles. The van der Waals surface area contributed by atoms with Crippen LogP contribution < -0.4 is 10.1 Å². The lowest BCUT2D eigenvalue weighted by molar-refractivity contribution is -0.118. The van der Waals surface area contributed by atoms with Gasteiger partial charge in [0.1, 0.15) is 17.6 Å². The van der Waals surface area contributed by atoms with Crippen LogP contribution in [0.15, 0.2) is 42.6 Å². The monoisotopic (exact) mass is 267 g/mol. The second kappa shape index (κ2) is 6.34. The molecule has 1 aromatic carbocycles. The Morgan fingerprint density at radius 1 is 1.35 bits per heavy atom. The second-order valence-electron chi connectivity index (χ2n) is 4.11. The Bertz CT molecular complexity index is 662. The molecular weight excluding hydrogens is 254 g/mol. The molecule has 5 nitrogen and oxygen atoms in total. The summed E-state index contributed by atoms with van der Waals surface area (Å²) in [6, 6.07) is 12.4. The first-order valence-corrected chi connectivity index (χ1v) is 6.04. The van der Waals surface area contributed by atoms with Gasteiger partial charge in [-0.3, -0.25) is 4.79 Å². The van der Waals surface area contributed by atoms with E-state index in [1.807, 2.05) is 19.1 Å². The zero-order chi connectivity index (χ0) is 14.4. The van der Waals surface area contributed by atoms with Gasteiger partial charge >= 0.3 is 0 Å². The standard InChI is InChI=1S/C15H13N3O2/c1-11-5-4-8-17-15(11)18-14(19)10-20-13-7-3-2-6-12(13)9-16/h2-8H,10H2,1H3,(H,17,18,19). The van der Waals surface area contributed by atoms with Crippen LogP contribution in [0, 0.1) is 18.3 Å². The first-order valence-electron chi connectivity index (χ1n) is 6.04. The fourth-order valence-corrected chi connectivity index (χ4v) is 1.61. The Morgan fingerprint density at radius 3 is 2.90 bits per heavy atom. The second-order valence-corrected chi connectivity index (χ2v) is 4.11. The van der Waals surface area contributed by atoms with Crippen molar-refractivity contribution < 1.29 is 9.53 Å². The number of pyridine rings is 1. The van der Waals surface area contributed by atoms with Crippen molar-refractivity contribution in [2.24, 2.45) is 0 Å². The molecule has 5 heteroatoms. The van der Waals surface area contributed by atoms with Crippen LogP contribution >= 0.6 is 0 Å². The normalized spacial score (nSPS) is 9.60. The van der Waals surface area contributed by atoms with Gasteiger partial charge in [0, 0.05) is 6.20 Å². The van der Waals surface area contributed by atoms with Crippen LogP contribution in [0.2, 0.25) is 0 Å². The molecule has 1 heterocycles. The van der Waals surface area contributed by atoms with Crippen molar-refractivity contribution >= 4 is 11.7 Å². The molecule has 0 bridgehead atoms. The zero-order valence-electron chi connectivity index (χ0n) is 11.0. The summed E-state index contributed by atoms with van der Waals surface area (Å²) in [6.07, 6.45) is 1.61. The van der Waals surface area contributed by atoms with E-state index in [2.05, 4.69) is 10.3 Å². The Morgan fingerprint density at radius 2 is 2.15 bits per heavy atom. The van der Waals surface area contributed by atoms with Crippen LogP contribution in [0.25, 0.3) is 0 Å². The van der Waals surface area contributed by atoms with Crippen LogP contribution in [0.3, 0.4) is 0 Å². The molecule has 0 radical (unpaired) electrons. The van der Waals surface area contributed by atoms with E-state index in [4.69, 9.17) is 10.00 Å². The number of aryl methyl sites for hydroxylation is 1. The van der Waals surface area contributed by atoms with Crippen molar-refractivity contribution in [3.05, 3.63) is 53.7 Å². The van der Waals surface area contributed by atoms with Gasteiger partial charge in [-0.25, -0.2) is 4.98 Å². The molecule has 20 heavy (non-hydrogen) atoms. The molecule has 1 amide bonds. The number of aromatic nitrogens is 1. The lowest BCUT2D eigenvalue weighted by atomic mass is 10.2. The highest BCUT2D eigenvalue weighted by atomic mass is 16.5. The van der Waals surface area contributed by atoms with Crippen LogP contribution in [-0.4, -0.2) is 17.5 Å². The van der Waals surface area contributed by atoms with Gasteiger partial charge in [0.2, 0.25) is 0 Å². The van der Waals surface area contributed by atoms with Gasteiger partial charge in [0.15, 0.2) is 6.61 Å². The number of amides is 1. The summed E-state index contributed by atoms with van der Waals surface area (Å²) < 4.78 is 5.34. The van der Waals surface area contributed by atoms with Crippen molar-refractivity contribution in [1.82, 2.24) is 4.98 Å². The third kappa shape index (κ3) is 3.33. The highest BCUT2D eigenvalue weighted by Crippen LogP contribution is 2.16. The molecular formula is C15H13N3O2. The molecule has 2 rings (SSSR count). The molecule has 1 N–H and O–H groups in total. The summed E-state index contributed by atoms with van der Waals surface area (Å²) in [7, 11) is 0. The van der Waals surface area contributed by atoms with Gasteiger partial charge in [0.05, 0.1) is 5.56 Å². The van der Waals surface area contributed by atoms with E-state index in [1.54, 1.807) is 36.5 Å². The fourth-order valence-electron chi connectivity index (χ4n) is 1.61. The minimum Gasteiger partial charge on any atom is -0.482 e. The summed E-state index contributed by atoms with van der Waals surface area (Å²) >= 11 is 0. The predicted molar refractivity (Wildman–Crippen MR) is 74.3 cm³/mol. The van der Waals surface area contributed by atoms with Gasteiger partial charge < -0.3 is 10.1 Å². The van der Waals surface area contributed by atoms with Crippen LogP contribution in [0.5, 0.6) is 5.75 Å². The van der Waals surface area contributed by atoms with E-state index in [1.165, 1.54) is 0 Å². The molecule has 0 unspecified atom stereocenters. The average Bonchev–Trinajstić information content (AvgIpc) is 2.48. The number of para-hydroxylation sites is 1. The zero-order valence-corrected chi connectivity index (χ0v) is 11.0. The van der Waals surface area contributed by atoms with Crippen molar-refractivity contribution in [1.29, 1.82) is 5.26 Å². The molecule has 0 aliphatic rings. The number of ether oxygens (including phenoxy) is 1. The smallest absolute Gasteiger partial charge is 0.263 e. The molecule has 0 saturated carbocycles. The maximum Gasteiger partial charge on any atom is 0.263 e. The van der Waals surface area contributed by atoms with Crippen molar-refractivity contribution in [3.8, 4) is 11.8 Å². The van der Waals surface area contributed by atoms with Gasteiger partial charge in [-0.1, -0.05) is 18.2 Å². The molecule has 100 valence electrons. The van der Waals surface area contributed by atoms with Gasteiger partial charge in [-0.15, -0.1) is 0 Å². The predicted octanol–water partition coefficient (Wildman–Crippen LogP) is 2.28. The Kier molecular flexibility index (Phi) is 4.30. The van der Waals surface area contributed by atoms with Crippen molar-refractivity contribution in [3.63, 3.8) is 0 Å². The Balaban J connectivity index is 1.96. The van der Waals surface area contributed by atoms with E-state index in [0.29, 0.717) is 17.1 Å². The number of benzene rings is 1. The highest BCUT2D eigenvalue weighted by molar-refractivity contribution is 5.91. The third-order valence-electron chi connectivity index (χ3n) is 2.63. The number of anilines is 1. The largest absolute Gasteiger partial charge is 0.482 e. The topological polar surface area (TPSA) is 75.0 Å². The number of nitrogens with zero attached hydrogens (tertiary/aromatic N) is 2. The molecule has 0 fully saturated rings. The fraction of sp³-hybridized carbons (Fsp3) is 0.133. The summed E-state index contributed by atoms with van der Waals surface area (Å²) in [5.41, 5.74) is 1.27. The van der Waals surface area contributed by atoms with Gasteiger partial charge in [-0.2, -0.15) is 5.26 Å². The number of nitriles is 1. The Hall–Kier alpha value is -2.87. The summed E-state index contributed by atoms with van der Waals surface area (Å²) in [6.45, 7) is 1.68. The Labute approximate surface area is 116 Å². The molecule has 0 aliphatic carbocycles. The maximum atomic E-state index is 11.8. The van der Waals surface area contributed by atoms with E-state index >= 15 is 0 Å². The van der Waals surface area contributed by atoms with Crippen molar-refractivity contribution in [2.45, 2.75) is 6.92 Å². The summed E-state index contributed by atoms with van der Waals surface area (Å²) in [4.78, 5) is 15.8. The number of hydrogen-bond acceptors (Lipinski definition) is 4. The quantitative estimate of drug-likeness (QED) is 0.922. The first kappa shape index (κ1) is 13.6. The van der Waals surface area contributed by atoms with Crippen LogP contribution in [0.4, 0.5) is 5.82 Å². The van der Waals surface area contributed by atoms with Gasteiger partial charge in [0.25, 0.3) is 5.91 Å². The minimum absolute atomic E-state index is 0.172. The van der Waals surface area contributed by atoms with E-state index in [0.717, 1.165) is 5.56 Å². The van der Waals surface area contributed by atoms with E-state index < -0.39 is 0 Å². The summed E-state index contributed by atoms with van der Waals surface area (Å²) in [5.74, 6) is 0.581.